The van der Waals surface area contributed by atoms with Crippen molar-refractivity contribution < 1.29 is 9.18 Å². The molecule has 3 N–H and O–H groups in total. The summed E-state index contributed by atoms with van der Waals surface area (Å²) in [5, 5.41) is 11.3. The molecule has 0 bridgehead atoms. The van der Waals surface area contributed by atoms with E-state index in [1.807, 2.05) is 0 Å². The number of aromatic amines is 1. The molecule has 88 valence electrons. The molecular weight excluding hydrogens is 225 g/mol. The van der Waals surface area contributed by atoms with E-state index in [0.29, 0.717) is 11.5 Å². The molecule has 1 heterocycles. The maximum atomic E-state index is 12.8. The van der Waals surface area contributed by atoms with E-state index in [1.165, 1.54) is 24.5 Å². The molecule has 0 aliphatic carbocycles. The highest BCUT2D eigenvalue weighted by Gasteiger charge is 2.03. The fourth-order valence-electron chi connectivity index (χ4n) is 1.22. The van der Waals surface area contributed by atoms with Crippen molar-refractivity contribution >= 4 is 11.7 Å². The first-order chi connectivity index (χ1) is 8.24. The second-order valence-corrected chi connectivity index (χ2v) is 3.25. The zero-order valence-corrected chi connectivity index (χ0v) is 8.77. The Balaban J connectivity index is 1.85. The van der Waals surface area contributed by atoms with Crippen molar-refractivity contribution in [2.24, 2.45) is 0 Å². The smallest absolute Gasteiger partial charge is 0.319 e. The van der Waals surface area contributed by atoms with Crippen LogP contribution in [-0.4, -0.2) is 21.2 Å². The molecule has 17 heavy (non-hydrogen) atoms. The molecule has 0 unspecified atom stereocenters. The molecule has 0 saturated carbocycles. The van der Waals surface area contributed by atoms with Crippen molar-refractivity contribution in [2.75, 3.05) is 5.32 Å². The molecule has 6 nitrogen and oxygen atoms in total. The van der Waals surface area contributed by atoms with E-state index in [0.717, 1.165) is 0 Å². The summed E-state index contributed by atoms with van der Waals surface area (Å²) < 4.78 is 12.8. The van der Waals surface area contributed by atoms with Crippen molar-refractivity contribution in [1.82, 2.24) is 20.5 Å². The number of benzene rings is 1. The zero-order valence-electron chi connectivity index (χ0n) is 8.77. The monoisotopic (exact) mass is 235 g/mol. The Kier molecular flexibility index (Phi) is 3.29. The quantitative estimate of drug-likeness (QED) is 0.749. The molecule has 2 rings (SSSR count). The van der Waals surface area contributed by atoms with Gasteiger partial charge in [-0.05, 0) is 18.2 Å². The molecule has 0 radical (unpaired) electrons. The second kappa shape index (κ2) is 5.06. The molecule has 1 aromatic carbocycles. The maximum absolute atomic E-state index is 12.8. The van der Waals surface area contributed by atoms with Crippen molar-refractivity contribution in [3.8, 4) is 0 Å². The number of hydrogen-bond acceptors (Lipinski definition) is 3. The van der Waals surface area contributed by atoms with Gasteiger partial charge in [-0.25, -0.2) is 14.2 Å². The highest BCUT2D eigenvalue weighted by atomic mass is 19.1. The number of urea groups is 1. The van der Waals surface area contributed by atoms with Crippen molar-refractivity contribution in [3.05, 3.63) is 42.2 Å². The number of anilines is 1. The van der Waals surface area contributed by atoms with Gasteiger partial charge in [0.25, 0.3) is 0 Å². The Bertz CT molecular complexity index is 499. The van der Waals surface area contributed by atoms with E-state index in [-0.39, 0.29) is 6.54 Å². The number of halogens is 1. The molecule has 2 amide bonds. The topological polar surface area (TPSA) is 82.7 Å². The number of carbonyl (C=O) groups excluding carboxylic acids is 1. The van der Waals surface area contributed by atoms with Crippen LogP contribution in [0.2, 0.25) is 0 Å². The van der Waals surface area contributed by atoms with Gasteiger partial charge in [0.05, 0.1) is 6.54 Å². The lowest BCUT2D eigenvalue weighted by Gasteiger charge is -2.05. The van der Waals surface area contributed by atoms with Gasteiger partial charge in [-0.15, -0.1) is 0 Å². The zero-order chi connectivity index (χ0) is 12.1. The first kappa shape index (κ1) is 11.1. The van der Waals surface area contributed by atoms with Crippen LogP contribution in [0.4, 0.5) is 14.9 Å². The third-order valence-electron chi connectivity index (χ3n) is 1.96. The molecule has 0 aliphatic heterocycles. The Morgan fingerprint density at radius 3 is 3.06 bits per heavy atom. The summed E-state index contributed by atoms with van der Waals surface area (Å²) in [7, 11) is 0. The van der Waals surface area contributed by atoms with Gasteiger partial charge in [-0.2, -0.15) is 5.10 Å². The maximum Gasteiger partial charge on any atom is 0.319 e. The molecule has 0 saturated heterocycles. The van der Waals surface area contributed by atoms with Gasteiger partial charge in [0.15, 0.2) is 0 Å². The van der Waals surface area contributed by atoms with Crippen LogP contribution < -0.4 is 10.6 Å². The van der Waals surface area contributed by atoms with Gasteiger partial charge in [-0.3, -0.25) is 5.10 Å². The highest BCUT2D eigenvalue weighted by molar-refractivity contribution is 5.89. The predicted octanol–water partition coefficient (Wildman–Crippen LogP) is 1.27. The fraction of sp³-hybridized carbons (Fsp3) is 0.100. The van der Waals surface area contributed by atoms with E-state index < -0.39 is 11.8 Å². The van der Waals surface area contributed by atoms with E-state index >= 15 is 0 Å². The van der Waals surface area contributed by atoms with Gasteiger partial charge in [0, 0.05) is 5.69 Å². The van der Waals surface area contributed by atoms with Gasteiger partial charge in [-0.1, -0.05) is 6.07 Å². The summed E-state index contributed by atoms with van der Waals surface area (Å²) in [6, 6.07) is 5.21. The van der Waals surface area contributed by atoms with Gasteiger partial charge in [0.1, 0.15) is 18.0 Å². The number of H-pyrrole nitrogens is 1. The SMILES string of the molecule is O=C(NCc1ncn[nH]1)Nc1cccc(F)c1. The summed E-state index contributed by atoms with van der Waals surface area (Å²) in [4.78, 5) is 15.3. The average Bonchev–Trinajstić information content (AvgIpc) is 2.79. The minimum Gasteiger partial charge on any atom is -0.331 e. The Labute approximate surface area is 96.3 Å². The molecule has 2 aromatic rings. The lowest BCUT2D eigenvalue weighted by atomic mass is 10.3. The highest BCUT2D eigenvalue weighted by Crippen LogP contribution is 2.08. The summed E-state index contributed by atoms with van der Waals surface area (Å²) in [6.45, 7) is 0.223. The van der Waals surface area contributed by atoms with E-state index in [2.05, 4.69) is 25.8 Å². The normalized spacial score (nSPS) is 9.94. The second-order valence-electron chi connectivity index (χ2n) is 3.25. The number of aromatic nitrogens is 3. The van der Waals surface area contributed by atoms with Crippen LogP contribution in [0.3, 0.4) is 0 Å². The average molecular weight is 235 g/mol. The largest absolute Gasteiger partial charge is 0.331 e. The summed E-state index contributed by atoms with van der Waals surface area (Å²) in [6.07, 6.45) is 1.35. The van der Waals surface area contributed by atoms with Crippen LogP contribution in [0.1, 0.15) is 5.82 Å². The number of hydrogen-bond donors (Lipinski definition) is 3. The lowest BCUT2D eigenvalue weighted by Crippen LogP contribution is -2.28. The Hall–Kier alpha value is -2.44. The molecule has 0 atom stereocenters. The van der Waals surface area contributed by atoms with Crippen molar-refractivity contribution in [2.45, 2.75) is 6.54 Å². The van der Waals surface area contributed by atoms with Crippen molar-refractivity contribution in [3.63, 3.8) is 0 Å². The van der Waals surface area contributed by atoms with Crippen LogP contribution in [0.5, 0.6) is 0 Å². The minimum absolute atomic E-state index is 0.223. The van der Waals surface area contributed by atoms with Crippen molar-refractivity contribution in [1.29, 1.82) is 0 Å². The van der Waals surface area contributed by atoms with Gasteiger partial charge in [0.2, 0.25) is 0 Å². The molecule has 1 aromatic heterocycles. The van der Waals surface area contributed by atoms with Crippen LogP contribution in [0, 0.1) is 5.82 Å². The number of amides is 2. The number of rotatable bonds is 3. The lowest BCUT2D eigenvalue weighted by molar-refractivity contribution is 0.251. The third kappa shape index (κ3) is 3.26. The molecule has 0 fully saturated rings. The Morgan fingerprint density at radius 2 is 2.35 bits per heavy atom. The standard InChI is InChI=1S/C10H10FN5O/c11-7-2-1-3-8(4-7)15-10(17)12-5-9-13-6-14-16-9/h1-4,6H,5H2,(H2,12,15,17)(H,13,14,16). The summed E-state index contributed by atoms with van der Waals surface area (Å²) in [5.74, 6) is 0.137. The van der Waals surface area contributed by atoms with E-state index in [1.54, 1.807) is 6.07 Å². The van der Waals surface area contributed by atoms with Crippen LogP contribution >= 0.6 is 0 Å². The van der Waals surface area contributed by atoms with Gasteiger partial charge >= 0.3 is 6.03 Å². The molecule has 7 heteroatoms. The first-order valence-electron chi connectivity index (χ1n) is 4.89. The minimum atomic E-state index is -0.438. The first-order valence-corrected chi connectivity index (χ1v) is 4.89. The Morgan fingerprint density at radius 1 is 1.47 bits per heavy atom. The summed E-state index contributed by atoms with van der Waals surface area (Å²) >= 11 is 0. The number of nitrogens with one attached hydrogen (secondary N) is 3. The van der Waals surface area contributed by atoms with Gasteiger partial charge < -0.3 is 10.6 Å². The number of nitrogens with zero attached hydrogens (tertiary/aromatic N) is 2. The van der Waals surface area contributed by atoms with E-state index in [4.69, 9.17) is 0 Å². The molecular formula is C10H10FN5O. The fourth-order valence-corrected chi connectivity index (χ4v) is 1.22. The molecule has 0 spiro atoms. The van der Waals surface area contributed by atoms with Crippen LogP contribution in [0.25, 0.3) is 0 Å². The van der Waals surface area contributed by atoms with Crippen LogP contribution in [-0.2, 0) is 6.54 Å². The molecule has 0 aliphatic rings. The predicted molar refractivity (Wildman–Crippen MR) is 58.6 cm³/mol. The third-order valence-corrected chi connectivity index (χ3v) is 1.96. The van der Waals surface area contributed by atoms with E-state index in [9.17, 15) is 9.18 Å². The number of carbonyl (C=O) groups is 1. The van der Waals surface area contributed by atoms with Crippen LogP contribution in [0.15, 0.2) is 30.6 Å². The summed E-state index contributed by atoms with van der Waals surface area (Å²) in [5.41, 5.74) is 0.389.